The molecule has 0 saturated heterocycles. The molecule has 0 aliphatic rings. The summed E-state index contributed by atoms with van der Waals surface area (Å²) in [5.74, 6) is 0.944. The van der Waals surface area contributed by atoms with Gasteiger partial charge in [-0.1, -0.05) is 84.1 Å². The van der Waals surface area contributed by atoms with E-state index in [1.165, 1.54) is 11.9 Å². The zero-order valence-corrected chi connectivity index (χ0v) is 14.2. The Labute approximate surface area is 125 Å². The number of benzene rings is 1. The molecule has 1 aromatic heterocycles. The van der Waals surface area contributed by atoms with E-state index in [2.05, 4.69) is 42.9 Å². The van der Waals surface area contributed by atoms with Crippen LogP contribution in [0.2, 0.25) is 13.6 Å². The molecule has 0 bridgehead atoms. The van der Waals surface area contributed by atoms with Gasteiger partial charge in [-0.2, -0.15) is 0 Å². The summed E-state index contributed by atoms with van der Waals surface area (Å²) < 4.78 is 4.87. The number of aryl methyl sites for hydroxylation is 1. The van der Waals surface area contributed by atoms with Gasteiger partial charge in [-0.15, -0.1) is 0 Å². The number of nitrogens with zero attached hydrogens (tertiary/aromatic N) is 1. The van der Waals surface area contributed by atoms with Gasteiger partial charge >= 0.3 is 0 Å². The van der Waals surface area contributed by atoms with Gasteiger partial charge < -0.3 is 4.42 Å². The minimum Gasteiger partial charge on any atom is -0.449 e. The SMILES string of the molecule is CB(C)c1ccccc1.CC.CC.CCc1cnco1. The van der Waals surface area contributed by atoms with E-state index in [9.17, 15) is 0 Å². The largest absolute Gasteiger partial charge is 0.449 e. The van der Waals surface area contributed by atoms with E-state index in [1.807, 2.05) is 40.7 Å². The van der Waals surface area contributed by atoms with Crippen molar-refractivity contribution in [1.29, 1.82) is 0 Å². The van der Waals surface area contributed by atoms with Crippen LogP contribution in [0, 0.1) is 0 Å². The Morgan fingerprint density at radius 3 is 1.80 bits per heavy atom. The second-order valence-electron chi connectivity index (χ2n) is 3.89. The highest BCUT2D eigenvalue weighted by atomic mass is 16.3. The van der Waals surface area contributed by atoms with Gasteiger partial charge in [0.25, 0.3) is 0 Å². The van der Waals surface area contributed by atoms with Crippen LogP contribution in [0.3, 0.4) is 0 Å². The van der Waals surface area contributed by atoms with Crippen LogP contribution in [0.15, 0.2) is 47.3 Å². The molecule has 112 valence electrons. The molecule has 0 aliphatic heterocycles. The predicted octanol–water partition coefficient (Wildman–Crippen LogP) is 4.94. The van der Waals surface area contributed by atoms with Crippen LogP contribution in [0.5, 0.6) is 0 Å². The summed E-state index contributed by atoms with van der Waals surface area (Å²) >= 11 is 0. The van der Waals surface area contributed by atoms with Crippen molar-refractivity contribution in [2.45, 2.75) is 54.7 Å². The summed E-state index contributed by atoms with van der Waals surface area (Å²) in [6.07, 6.45) is 4.10. The van der Waals surface area contributed by atoms with Crippen LogP contribution in [0.4, 0.5) is 0 Å². The lowest BCUT2D eigenvalue weighted by Gasteiger charge is -1.98. The molecule has 0 aliphatic carbocycles. The maximum absolute atomic E-state index is 4.87. The second-order valence-corrected chi connectivity index (χ2v) is 3.89. The molecular weight excluding hydrogens is 245 g/mol. The summed E-state index contributed by atoms with van der Waals surface area (Å²) in [6, 6.07) is 10.5. The van der Waals surface area contributed by atoms with Crippen molar-refractivity contribution in [1.82, 2.24) is 4.98 Å². The normalized spacial score (nSPS) is 7.95. The van der Waals surface area contributed by atoms with Crippen LogP contribution in [0.1, 0.15) is 40.4 Å². The molecule has 0 unspecified atom stereocenters. The molecule has 0 fully saturated rings. The lowest BCUT2D eigenvalue weighted by Crippen LogP contribution is -2.21. The lowest BCUT2D eigenvalue weighted by atomic mass is 9.49. The third kappa shape index (κ3) is 10.4. The zero-order chi connectivity index (χ0) is 15.8. The quantitative estimate of drug-likeness (QED) is 0.726. The molecule has 2 nitrogen and oxygen atoms in total. The number of hydrogen-bond acceptors (Lipinski definition) is 2. The Bertz CT molecular complexity index is 371. The Morgan fingerprint density at radius 1 is 1.00 bits per heavy atom. The number of aromatic nitrogens is 1. The Morgan fingerprint density at radius 2 is 1.55 bits per heavy atom. The molecule has 0 N–H and O–H groups in total. The minimum absolute atomic E-state index is 0.659. The molecule has 2 aromatic rings. The molecule has 2 rings (SSSR count). The second kappa shape index (κ2) is 15.6. The molecule has 3 heteroatoms. The van der Waals surface area contributed by atoms with E-state index in [4.69, 9.17) is 4.42 Å². The van der Waals surface area contributed by atoms with Gasteiger partial charge in [0.2, 0.25) is 0 Å². The van der Waals surface area contributed by atoms with E-state index in [-0.39, 0.29) is 0 Å². The highest BCUT2D eigenvalue weighted by Crippen LogP contribution is 1.94. The van der Waals surface area contributed by atoms with Gasteiger partial charge in [0.15, 0.2) is 13.1 Å². The maximum Gasteiger partial charge on any atom is 0.180 e. The van der Waals surface area contributed by atoms with Crippen LogP contribution in [-0.4, -0.2) is 11.7 Å². The smallest absolute Gasteiger partial charge is 0.180 e. The fourth-order valence-corrected chi connectivity index (χ4v) is 1.25. The van der Waals surface area contributed by atoms with Crippen LogP contribution < -0.4 is 5.46 Å². The average molecular weight is 275 g/mol. The molecule has 0 spiro atoms. The monoisotopic (exact) mass is 275 g/mol. The third-order valence-electron chi connectivity index (χ3n) is 2.30. The van der Waals surface area contributed by atoms with E-state index >= 15 is 0 Å². The topological polar surface area (TPSA) is 26.0 Å². The van der Waals surface area contributed by atoms with Gasteiger partial charge in [-0.3, -0.25) is 0 Å². The van der Waals surface area contributed by atoms with Gasteiger partial charge in [0.05, 0.1) is 6.20 Å². The summed E-state index contributed by atoms with van der Waals surface area (Å²) in [6.45, 7) is 15.1. The Kier molecular flexibility index (Phi) is 16.2. The third-order valence-corrected chi connectivity index (χ3v) is 2.30. The van der Waals surface area contributed by atoms with E-state index in [0.717, 1.165) is 12.2 Å². The van der Waals surface area contributed by atoms with Crippen molar-refractivity contribution in [3.05, 3.63) is 48.7 Å². The molecule has 20 heavy (non-hydrogen) atoms. The summed E-state index contributed by atoms with van der Waals surface area (Å²) in [4.78, 5) is 3.73. The van der Waals surface area contributed by atoms with Crippen molar-refractivity contribution in [3.63, 3.8) is 0 Å². The predicted molar refractivity (Wildman–Crippen MR) is 92.1 cm³/mol. The summed E-state index contributed by atoms with van der Waals surface area (Å²) in [5, 5.41) is 0. The summed E-state index contributed by atoms with van der Waals surface area (Å²) in [5.41, 5.74) is 1.41. The number of hydrogen-bond donors (Lipinski definition) is 0. The number of oxazole rings is 1. The van der Waals surface area contributed by atoms with Gasteiger partial charge in [0, 0.05) is 6.42 Å². The molecule has 1 heterocycles. The van der Waals surface area contributed by atoms with Crippen LogP contribution in [-0.2, 0) is 6.42 Å². The van der Waals surface area contributed by atoms with E-state index < -0.39 is 0 Å². The van der Waals surface area contributed by atoms with Crippen molar-refractivity contribution in [3.8, 4) is 0 Å². The Balaban J connectivity index is 0. The first kappa shape index (κ1) is 20.8. The van der Waals surface area contributed by atoms with Crippen LogP contribution >= 0.6 is 0 Å². The van der Waals surface area contributed by atoms with Gasteiger partial charge in [-0.05, 0) is 0 Å². The maximum atomic E-state index is 4.87. The highest BCUT2D eigenvalue weighted by molar-refractivity contribution is 6.70. The van der Waals surface area contributed by atoms with Crippen molar-refractivity contribution < 1.29 is 4.42 Å². The number of rotatable bonds is 2. The average Bonchev–Trinajstić information content (AvgIpc) is 3.06. The zero-order valence-electron chi connectivity index (χ0n) is 14.2. The molecular formula is C17H30BNO. The van der Waals surface area contributed by atoms with Crippen molar-refractivity contribution in [2.75, 3.05) is 0 Å². The lowest BCUT2D eigenvalue weighted by molar-refractivity contribution is 0.510. The standard InChI is InChI=1S/C8H11B.C5H7NO.2C2H6/c1-9(2)8-6-4-3-5-7-8;1-2-5-3-6-4-7-5;2*1-2/h3-7H,1-2H3;3-4H,2H2,1H3;2*1-2H3. The highest BCUT2D eigenvalue weighted by Gasteiger charge is 1.98. The first-order chi connectivity index (χ1) is 9.74. The molecule has 0 saturated carbocycles. The fourth-order valence-electron chi connectivity index (χ4n) is 1.25. The molecule has 1 aromatic carbocycles. The fraction of sp³-hybridized carbons (Fsp3) is 0.471. The van der Waals surface area contributed by atoms with Crippen molar-refractivity contribution >= 4 is 12.2 Å². The van der Waals surface area contributed by atoms with E-state index in [1.54, 1.807) is 6.20 Å². The van der Waals surface area contributed by atoms with E-state index in [0.29, 0.717) is 6.71 Å². The van der Waals surface area contributed by atoms with Crippen molar-refractivity contribution in [2.24, 2.45) is 0 Å². The summed E-state index contributed by atoms with van der Waals surface area (Å²) in [7, 11) is 0. The van der Waals surface area contributed by atoms with Crippen LogP contribution in [0.25, 0.3) is 0 Å². The Hall–Kier alpha value is -1.51. The molecule has 0 radical (unpaired) electrons. The first-order valence-electron chi connectivity index (χ1n) is 7.66. The minimum atomic E-state index is 0.659. The first-order valence-corrected chi connectivity index (χ1v) is 7.66. The van der Waals surface area contributed by atoms with Gasteiger partial charge in [0.1, 0.15) is 5.76 Å². The van der Waals surface area contributed by atoms with Gasteiger partial charge in [-0.25, -0.2) is 4.98 Å². The molecule has 0 amide bonds. The molecule has 0 atom stereocenters.